The zero-order valence-electron chi connectivity index (χ0n) is 19.8. The molecule has 0 aliphatic carbocycles. The number of aromatic nitrogens is 2. The van der Waals surface area contributed by atoms with E-state index in [1.807, 2.05) is 43.0 Å². The van der Waals surface area contributed by atoms with Crippen LogP contribution in [0.5, 0.6) is 0 Å². The van der Waals surface area contributed by atoms with Gasteiger partial charge in [-0.25, -0.2) is 4.98 Å². The third-order valence-electron chi connectivity index (χ3n) is 6.49. The second kappa shape index (κ2) is 10.4. The highest BCUT2D eigenvalue weighted by Crippen LogP contribution is 2.42. The maximum absolute atomic E-state index is 14.2. The molecule has 0 saturated heterocycles. The lowest BCUT2D eigenvalue weighted by Crippen LogP contribution is -2.30. The second-order valence-electron chi connectivity index (χ2n) is 9.25. The van der Waals surface area contributed by atoms with Crippen molar-refractivity contribution in [3.05, 3.63) is 74.5 Å². The van der Waals surface area contributed by atoms with E-state index >= 15 is 0 Å². The number of hydrogen-bond donors (Lipinski definition) is 1. The first-order chi connectivity index (χ1) is 16.6. The van der Waals surface area contributed by atoms with Crippen molar-refractivity contribution >= 4 is 34.8 Å². The number of halogens is 5. The lowest BCUT2D eigenvalue weighted by atomic mass is 9.91. The van der Waals surface area contributed by atoms with Crippen molar-refractivity contribution in [2.24, 2.45) is 11.7 Å². The zero-order chi connectivity index (χ0) is 25.3. The summed E-state index contributed by atoms with van der Waals surface area (Å²) in [4.78, 5) is 6.00. The molecule has 1 aliphatic heterocycles. The van der Waals surface area contributed by atoms with Gasteiger partial charge in [-0.05, 0) is 86.9 Å². The molecule has 0 amide bonds. The van der Waals surface area contributed by atoms with E-state index in [1.165, 1.54) is 0 Å². The Labute approximate surface area is 213 Å². The molecule has 2 aromatic carbocycles. The minimum atomic E-state index is -4.56. The number of rotatable bonds is 7. The molecular formula is C26H29Cl2F3N4. The SMILES string of the molecule is Cc1cc(C)c(N2CCCn3c2nc(C(F)(F)F)c3CC(CCN)Cc2ccc(Cl)cc2)c(Cl)c1. The number of alkyl halides is 3. The Morgan fingerprint density at radius 1 is 1.06 bits per heavy atom. The van der Waals surface area contributed by atoms with Crippen molar-refractivity contribution in [3.63, 3.8) is 0 Å². The standard InChI is InChI=1S/C26H29Cl2F3N4/c1-16-12-17(2)23(21(28)13-16)35-11-3-10-34-22(24(26(29,30)31)33-25(34)35)15-19(8-9-32)14-18-4-6-20(27)7-5-18/h4-7,12-13,19H,3,8-11,14-15,32H2,1-2H3. The summed E-state index contributed by atoms with van der Waals surface area (Å²) in [6, 6.07) is 11.2. The van der Waals surface area contributed by atoms with E-state index in [1.54, 1.807) is 16.7 Å². The maximum atomic E-state index is 14.2. The zero-order valence-corrected chi connectivity index (χ0v) is 21.3. The molecule has 4 rings (SSSR count). The van der Waals surface area contributed by atoms with E-state index in [-0.39, 0.29) is 18.0 Å². The normalized spacial score (nSPS) is 14.8. The molecule has 1 atom stereocenters. The second-order valence-corrected chi connectivity index (χ2v) is 10.1. The molecule has 0 saturated carbocycles. The van der Waals surface area contributed by atoms with Gasteiger partial charge < -0.3 is 15.2 Å². The highest BCUT2D eigenvalue weighted by atomic mass is 35.5. The molecule has 1 aliphatic rings. The molecule has 188 valence electrons. The number of aryl methyl sites for hydroxylation is 2. The average Bonchev–Trinajstić information content (AvgIpc) is 3.14. The number of imidazole rings is 1. The van der Waals surface area contributed by atoms with Crippen molar-refractivity contribution in [1.29, 1.82) is 0 Å². The van der Waals surface area contributed by atoms with Gasteiger partial charge in [-0.1, -0.05) is 41.4 Å². The van der Waals surface area contributed by atoms with E-state index in [4.69, 9.17) is 28.9 Å². The van der Waals surface area contributed by atoms with Crippen LogP contribution < -0.4 is 10.6 Å². The number of benzene rings is 2. The van der Waals surface area contributed by atoms with Gasteiger partial charge in [-0.2, -0.15) is 13.2 Å². The van der Waals surface area contributed by atoms with Crippen LogP contribution in [0.25, 0.3) is 0 Å². The monoisotopic (exact) mass is 524 g/mol. The van der Waals surface area contributed by atoms with Crippen LogP contribution in [0.1, 0.15) is 40.9 Å². The molecule has 3 aromatic rings. The summed E-state index contributed by atoms with van der Waals surface area (Å²) >= 11 is 12.6. The molecule has 1 unspecified atom stereocenters. The van der Waals surface area contributed by atoms with Crippen LogP contribution in [-0.2, 0) is 25.6 Å². The minimum Gasteiger partial charge on any atom is -0.330 e. The summed E-state index contributed by atoms with van der Waals surface area (Å²) in [5.74, 6) is 0.230. The summed E-state index contributed by atoms with van der Waals surface area (Å²) in [6.07, 6.45) is -2.43. The molecule has 0 spiro atoms. The number of fused-ring (bicyclic) bond motifs is 1. The van der Waals surface area contributed by atoms with Gasteiger partial charge in [0.2, 0.25) is 5.95 Å². The quantitative estimate of drug-likeness (QED) is 0.358. The Balaban J connectivity index is 1.75. The van der Waals surface area contributed by atoms with Crippen molar-refractivity contribution in [1.82, 2.24) is 9.55 Å². The first-order valence-corrected chi connectivity index (χ1v) is 12.5. The molecule has 35 heavy (non-hydrogen) atoms. The third-order valence-corrected chi connectivity index (χ3v) is 7.03. The van der Waals surface area contributed by atoms with E-state index in [0.717, 1.165) is 16.7 Å². The largest absolute Gasteiger partial charge is 0.435 e. The average molecular weight is 525 g/mol. The van der Waals surface area contributed by atoms with Crippen molar-refractivity contribution < 1.29 is 13.2 Å². The van der Waals surface area contributed by atoms with Gasteiger partial charge >= 0.3 is 6.18 Å². The Kier molecular flexibility index (Phi) is 7.69. The Hall–Kier alpha value is -2.22. The fourth-order valence-corrected chi connectivity index (χ4v) is 5.59. The molecule has 0 fully saturated rings. The topological polar surface area (TPSA) is 47.1 Å². The Morgan fingerprint density at radius 2 is 1.77 bits per heavy atom. The minimum absolute atomic E-state index is 0.0665. The van der Waals surface area contributed by atoms with Crippen LogP contribution in [0.15, 0.2) is 36.4 Å². The highest BCUT2D eigenvalue weighted by Gasteiger charge is 2.41. The molecule has 1 aromatic heterocycles. The molecule has 0 bridgehead atoms. The number of hydrogen-bond acceptors (Lipinski definition) is 3. The molecule has 9 heteroatoms. The van der Waals surface area contributed by atoms with E-state index in [2.05, 4.69) is 4.98 Å². The smallest absolute Gasteiger partial charge is 0.330 e. The molecule has 2 heterocycles. The summed E-state index contributed by atoms with van der Waals surface area (Å²) in [5.41, 5.74) is 8.88. The predicted molar refractivity (Wildman–Crippen MR) is 136 cm³/mol. The summed E-state index contributed by atoms with van der Waals surface area (Å²) < 4.78 is 44.4. The van der Waals surface area contributed by atoms with Gasteiger partial charge in [0.1, 0.15) is 0 Å². The fraction of sp³-hybridized carbons (Fsp3) is 0.423. The van der Waals surface area contributed by atoms with Crippen molar-refractivity contribution in [2.45, 2.75) is 52.3 Å². The fourth-order valence-electron chi connectivity index (χ4n) is 5.04. The first kappa shape index (κ1) is 25.9. The van der Waals surface area contributed by atoms with Gasteiger partial charge in [0.15, 0.2) is 5.69 Å². The third kappa shape index (κ3) is 5.63. The van der Waals surface area contributed by atoms with Crippen LogP contribution in [0, 0.1) is 19.8 Å². The van der Waals surface area contributed by atoms with Crippen LogP contribution in [0.2, 0.25) is 10.0 Å². The Bertz CT molecular complexity index is 1170. The summed E-state index contributed by atoms with van der Waals surface area (Å²) in [7, 11) is 0. The number of nitrogens with two attached hydrogens (primary N) is 1. The first-order valence-electron chi connectivity index (χ1n) is 11.7. The highest BCUT2D eigenvalue weighted by molar-refractivity contribution is 6.33. The van der Waals surface area contributed by atoms with E-state index in [9.17, 15) is 13.2 Å². The van der Waals surface area contributed by atoms with Gasteiger partial charge in [0, 0.05) is 18.1 Å². The maximum Gasteiger partial charge on any atom is 0.435 e. The van der Waals surface area contributed by atoms with Crippen LogP contribution >= 0.6 is 23.2 Å². The Morgan fingerprint density at radius 3 is 2.40 bits per heavy atom. The van der Waals surface area contributed by atoms with Crippen LogP contribution in [0.4, 0.5) is 24.8 Å². The van der Waals surface area contributed by atoms with Crippen molar-refractivity contribution in [2.75, 3.05) is 18.0 Å². The van der Waals surface area contributed by atoms with Crippen LogP contribution in [0.3, 0.4) is 0 Å². The molecular weight excluding hydrogens is 496 g/mol. The molecule has 2 N–H and O–H groups in total. The number of anilines is 2. The van der Waals surface area contributed by atoms with Crippen molar-refractivity contribution in [3.8, 4) is 0 Å². The predicted octanol–water partition coefficient (Wildman–Crippen LogP) is 7.12. The number of nitrogens with zero attached hydrogens (tertiary/aromatic N) is 3. The molecule has 0 radical (unpaired) electrons. The lowest BCUT2D eigenvalue weighted by Gasteiger charge is -2.32. The van der Waals surface area contributed by atoms with Gasteiger partial charge in [0.25, 0.3) is 0 Å². The van der Waals surface area contributed by atoms with E-state index in [0.29, 0.717) is 60.6 Å². The van der Waals surface area contributed by atoms with Gasteiger partial charge in [-0.3, -0.25) is 0 Å². The van der Waals surface area contributed by atoms with Crippen LogP contribution in [-0.4, -0.2) is 22.6 Å². The van der Waals surface area contributed by atoms with Gasteiger partial charge in [0.05, 0.1) is 16.4 Å². The summed E-state index contributed by atoms with van der Waals surface area (Å²) in [5, 5.41) is 1.14. The van der Waals surface area contributed by atoms with Gasteiger partial charge in [-0.15, -0.1) is 0 Å². The lowest BCUT2D eigenvalue weighted by molar-refractivity contribution is -0.141. The van der Waals surface area contributed by atoms with E-state index < -0.39 is 11.9 Å². The molecule has 4 nitrogen and oxygen atoms in total. The summed E-state index contributed by atoms with van der Waals surface area (Å²) in [6.45, 7) is 5.28.